The van der Waals surface area contributed by atoms with E-state index < -0.39 is 0 Å². The van der Waals surface area contributed by atoms with Gasteiger partial charge in [0.25, 0.3) is 0 Å². The number of aromatic nitrogens is 2. The lowest BCUT2D eigenvalue weighted by molar-refractivity contribution is 0.349. The third-order valence-electron chi connectivity index (χ3n) is 2.85. The first-order valence-electron chi connectivity index (χ1n) is 5.59. The molecular formula is C13H15BrN2O3. The molecule has 0 saturated heterocycles. The second-order valence-electron chi connectivity index (χ2n) is 3.90. The molecule has 6 heteroatoms. The maximum atomic E-state index is 5.42. The summed E-state index contributed by atoms with van der Waals surface area (Å²) in [6.45, 7) is 0. The number of ether oxygens (including phenoxy) is 3. The Bertz CT molecular complexity index is 576. The summed E-state index contributed by atoms with van der Waals surface area (Å²) in [5.41, 5.74) is 1.80. The van der Waals surface area contributed by atoms with Crippen LogP contribution in [0.15, 0.2) is 23.1 Å². The van der Waals surface area contributed by atoms with Crippen LogP contribution in [0.2, 0.25) is 0 Å². The minimum Gasteiger partial charge on any atom is -0.496 e. The van der Waals surface area contributed by atoms with Crippen LogP contribution in [0, 0.1) is 0 Å². The smallest absolute Gasteiger partial charge is 0.164 e. The second kappa shape index (κ2) is 5.52. The first-order valence-corrected chi connectivity index (χ1v) is 6.38. The molecule has 0 aliphatic carbocycles. The summed E-state index contributed by atoms with van der Waals surface area (Å²) in [4.78, 5) is 4.22. The van der Waals surface area contributed by atoms with E-state index in [0.29, 0.717) is 17.2 Å². The molecular weight excluding hydrogens is 312 g/mol. The monoisotopic (exact) mass is 326 g/mol. The van der Waals surface area contributed by atoms with Crippen LogP contribution in [0.4, 0.5) is 0 Å². The van der Waals surface area contributed by atoms with Crippen molar-refractivity contribution in [3.63, 3.8) is 0 Å². The lowest BCUT2D eigenvalue weighted by atomic mass is 10.1. The van der Waals surface area contributed by atoms with Crippen LogP contribution in [0.5, 0.6) is 17.2 Å². The van der Waals surface area contributed by atoms with Crippen LogP contribution in [0.3, 0.4) is 0 Å². The normalized spacial score (nSPS) is 10.4. The second-order valence-corrected chi connectivity index (χ2v) is 4.65. The van der Waals surface area contributed by atoms with Crippen LogP contribution in [-0.2, 0) is 7.05 Å². The molecule has 1 aromatic carbocycles. The molecule has 1 aromatic heterocycles. The summed E-state index contributed by atoms with van der Waals surface area (Å²) < 4.78 is 18.7. The topological polar surface area (TPSA) is 45.5 Å². The third kappa shape index (κ3) is 2.40. The molecule has 1 heterocycles. The summed E-state index contributed by atoms with van der Waals surface area (Å²) in [7, 11) is 6.74. The van der Waals surface area contributed by atoms with Crippen molar-refractivity contribution in [1.29, 1.82) is 0 Å². The van der Waals surface area contributed by atoms with Crippen LogP contribution >= 0.6 is 15.9 Å². The van der Waals surface area contributed by atoms with E-state index in [1.807, 2.05) is 17.7 Å². The molecule has 0 bridgehead atoms. The highest BCUT2D eigenvalue weighted by Crippen LogP contribution is 2.41. The molecule has 0 N–H and O–H groups in total. The van der Waals surface area contributed by atoms with E-state index >= 15 is 0 Å². The summed E-state index contributed by atoms with van der Waals surface area (Å²) >= 11 is 3.44. The van der Waals surface area contributed by atoms with E-state index in [4.69, 9.17) is 14.2 Å². The van der Waals surface area contributed by atoms with Gasteiger partial charge in [0.05, 0.1) is 33.4 Å². The molecule has 0 atom stereocenters. The highest BCUT2D eigenvalue weighted by molar-refractivity contribution is 9.10. The highest BCUT2D eigenvalue weighted by Gasteiger charge is 2.18. The third-order valence-corrected chi connectivity index (χ3v) is 3.43. The minimum atomic E-state index is 0.626. The fraction of sp³-hybridized carbons (Fsp3) is 0.308. The fourth-order valence-corrected chi connectivity index (χ4v) is 2.50. The number of nitrogens with zero attached hydrogens (tertiary/aromatic N) is 2. The number of halogens is 1. The predicted octanol–water partition coefficient (Wildman–Crippen LogP) is 2.88. The number of methoxy groups -OCH3 is 3. The standard InChI is InChI=1S/C13H15BrN2O3/c1-16-7-15-13(14)12(16)8-5-10(18-3)11(19-4)6-9(8)17-2/h5-7H,1-4H3. The number of hydrogen-bond acceptors (Lipinski definition) is 4. The van der Waals surface area contributed by atoms with Gasteiger partial charge in [-0.25, -0.2) is 4.98 Å². The molecule has 0 amide bonds. The number of imidazole rings is 1. The first kappa shape index (κ1) is 13.7. The van der Waals surface area contributed by atoms with Gasteiger partial charge in [0.1, 0.15) is 10.4 Å². The quantitative estimate of drug-likeness (QED) is 0.866. The van der Waals surface area contributed by atoms with Crippen molar-refractivity contribution >= 4 is 15.9 Å². The number of aryl methyl sites for hydroxylation is 1. The van der Waals surface area contributed by atoms with E-state index in [1.165, 1.54) is 0 Å². The average Bonchev–Trinajstić information content (AvgIpc) is 2.76. The van der Waals surface area contributed by atoms with Gasteiger partial charge in [-0.05, 0) is 22.0 Å². The van der Waals surface area contributed by atoms with Crippen molar-refractivity contribution < 1.29 is 14.2 Å². The molecule has 102 valence electrons. The lowest BCUT2D eigenvalue weighted by Crippen LogP contribution is -1.97. The summed E-state index contributed by atoms with van der Waals surface area (Å²) in [6, 6.07) is 3.67. The van der Waals surface area contributed by atoms with Crippen LogP contribution in [-0.4, -0.2) is 30.9 Å². The average molecular weight is 327 g/mol. The summed E-state index contributed by atoms with van der Waals surface area (Å²) in [6.07, 6.45) is 1.73. The molecule has 0 fully saturated rings. The Labute approximate surface area is 120 Å². The summed E-state index contributed by atoms with van der Waals surface area (Å²) in [5, 5.41) is 0. The zero-order chi connectivity index (χ0) is 14.0. The minimum absolute atomic E-state index is 0.626. The Hall–Kier alpha value is -1.69. The highest BCUT2D eigenvalue weighted by atomic mass is 79.9. The van der Waals surface area contributed by atoms with Gasteiger partial charge < -0.3 is 18.8 Å². The van der Waals surface area contributed by atoms with Crippen LogP contribution < -0.4 is 14.2 Å². The molecule has 0 unspecified atom stereocenters. The van der Waals surface area contributed by atoms with Crippen molar-refractivity contribution in [2.75, 3.05) is 21.3 Å². The van der Waals surface area contributed by atoms with Crippen molar-refractivity contribution in [3.8, 4) is 28.5 Å². The maximum absolute atomic E-state index is 5.42. The van der Waals surface area contributed by atoms with Gasteiger partial charge in [0.2, 0.25) is 0 Å². The fourth-order valence-electron chi connectivity index (χ4n) is 1.92. The Kier molecular flexibility index (Phi) is 3.99. The van der Waals surface area contributed by atoms with Gasteiger partial charge in [-0.1, -0.05) is 0 Å². The zero-order valence-corrected chi connectivity index (χ0v) is 12.8. The van der Waals surface area contributed by atoms with Crippen molar-refractivity contribution in [3.05, 3.63) is 23.1 Å². The van der Waals surface area contributed by atoms with Gasteiger partial charge in [0, 0.05) is 18.7 Å². The maximum Gasteiger partial charge on any atom is 0.164 e. The zero-order valence-electron chi connectivity index (χ0n) is 11.2. The van der Waals surface area contributed by atoms with Crippen LogP contribution in [0.1, 0.15) is 0 Å². The molecule has 0 aliphatic heterocycles. The number of hydrogen-bond donors (Lipinski definition) is 0. The molecule has 0 saturated carbocycles. The Morgan fingerprint density at radius 2 is 1.58 bits per heavy atom. The van der Waals surface area contributed by atoms with Crippen molar-refractivity contribution in [1.82, 2.24) is 9.55 Å². The molecule has 5 nitrogen and oxygen atoms in total. The summed E-state index contributed by atoms with van der Waals surface area (Å²) in [5.74, 6) is 1.97. The first-order chi connectivity index (χ1) is 9.12. The van der Waals surface area contributed by atoms with Gasteiger partial charge in [-0.15, -0.1) is 0 Å². The van der Waals surface area contributed by atoms with Gasteiger partial charge in [0.15, 0.2) is 11.5 Å². The van der Waals surface area contributed by atoms with E-state index in [2.05, 4.69) is 20.9 Å². The van der Waals surface area contributed by atoms with Gasteiger partial charge >= 0.3 is 0 Å². The molecule has 19 heavy (non-hydrogen) atoms. The predicted molar refractivity (Wildman–Crippen MR) is 76.0 cm³/mol. The SMILES string of the molecule is COc1cc(OC)c(-c2c(Br)ncn2C)cc1OC. The van der Waals surface area contributed by atoms with Gasteiger partial charge in [-0.2, -0.15) is 0 Å². The van der Waals surface area contributed by atoms with Crippen molar-refractivity contribution in [2.24, 2.45) is 7.05 Å². The molecule has 0 spiro atoms. The largest absolute Gasteiger partial charge is 0.496 e. The molecule has 0 radical (unpaired) electrons. The van der Waals surface area contributed by atoms with E-state index in [1.54, 1.807) is 33.7 Å². The van der Waals surface area contributed by atoms with Crippen LogP contribution in [0.25, 0.3) is 11.3 Å². The van der Waals surface area contributed by atoms with E-state index in [9.17, 15) is 0 Å². The lowest BCUT2D eigenvalue weighted by Gasteiger charge is -2.14. The molecule has 2 aromatic rings. The number of benzene rings is 1. The Balaban J connectivity index is 2.69. The Morgan fingerprint density at radius 1 is 1.00 bits per heavy atom. The molecule has 0 aliphatic rings. The van der Waals surface area contributed by atoms with E-state index in [0.717, 1.165) is 15.9 Å². The van der Waals surface area contributed by atoms with E-state index in [-0.39, 0.29) is 0 Å². The Morgan fingerprint density at radius 3 is 2.05 bits per heavy atom. The molecule has 2 rings (SSSR count). The number of rotatable bonds is 4. The van der Waals surface area contributed by atoms with Gasteiger partial charge in [-0.3, -0.25) is 0 Å². The van der Waals surface area contributed by atoms with Crippen molar-refractivity contribution in [2.45, 2.75) is 0 Å².